The van der Waals surface area contributed by atoms with Gasteiger partial charge in [-0.1, -0.05) is 32.1 Å². The third-order valence-corrected chi connectivity index (χ3v) is 4.07. The Morgan fingerprint density at radius 2 is 1.79 bits per heavy atom. The van der Waals surface area contributed by atoms with Crippen LogP contribution in [0.1, 0.15) is 58.8 Å². The highest BCUT2D eigenvalue weighted by Crippen LogP contribution is 2.27. The number of aliphatic hydroxyl groups excluding tert-OH is 2. The van der Waals surface area contributed by atoms with E-state index in [0.717, 1.165) is 18.8 Å². The van der Waals surface area contributed by atoms with Gasteiger partial charge in [0, 0.05) is 6.04 Å². The van der Waals surface area contributed by atoms with Crippen molar-refractivity contribution >= 4 is 0 Å². The van der Waals surface area contributed by atoms with E-state index in [-0.39, 0.29) is 18.8 Å². The van der Waals surface area contributed by atoms with Crippen molar-refractivity contribution in [3.05, 3.63) is 0 Å². The summed E-state index contributed by atoms with van der Waals surface area (Å²) in [5.74, 6) is 0.760. The van der Waals surface area contributed by atoms with E-state index in [2.05, 4.69) is 0 Å². The summed E-state index contributed by atoms with van der Waals surface area (Å²) in [7, 11) is 0. The molecule has 0 spiro atoms. The van der Waals surface area contributed by atoms with E-state index in [4.69, 9.17) is 10.5 Å². The van der Waals surface area contributed by atoms with E-state index in [0.29, 0.717) is 0 Å². The van der Waals surface area contributed by atoms with E-state index in [9.17, 15) is 10.2 Å². The molecule has 0 heterocycles. The lowest BCUT2D eigenvalue weighted by Gasteiger charge is -2.27. The third-order valence-electron chi connectivity index (χ3n) is 4.07. The summed E-state index contributed by atoms with van der Waals surface area (Å²) in [6.07, 6.45) is 6.73. The average Bonchev–Trinajstić information content (AvgIpc) is 2.42. The predicted octanol–water partition coefficient (Wildman–Crippen LogP) is 1.82. The molecule has 0 unspecified atom stereocenters. The van der Waals surface area contributed by atoms with Crippen LogP contribution in [0.4, 0.5) is 0 Å². The summed E-state index contributed by atoms with van der Waals surface area (Å²) in [5.41, 5.74) is 5.98. The molecule has 0 aromatic carbocycles. The summed E-state index contributed by atoms with van der Waals surface area (Å²) in [6, 6.07) is -0.354. The Bertz CT molecular complexity index is 229. The van der Waals surface area contributed by atoms with Crippen molar-refractivity contribution < 1.29 is 14.9 Å². The molecule has 0 aliphatic heterocycles. The van der Waals surface area contributed by atoms with Crippen LogP contribution in [0.5, 0.6) is 0 Å². The van der Waals surface area contributed by atoms with Gasteiger partial charge in [0.15, 0.2) is 0 Å². The smallest absolute Gasteiger partial charge is 0.105 e. The van der Waals surface area contributed by atoms with Gasteiger partial charge in [-0.15, -0.1) is 0 Å². The maximum atomic E-state index is 9.97. The van der Waals surface area contributed by atoms with E-state index in [1.165, 1.54) is 32.1 Å². The lowest BCUT2D eigenvalue weighted by atomic mass is 9.84. The zero-order chi connectivity index (χ0) is 14.3. The molecule has 1 aliphatic rings. The second-order valence-corrected chi connectivity index (χ2v) is 6.19. The first-order valence-electron chi connectivity index (χ1n) is 7.74. The van der Waals surface area contributed by atoms with Crippen LogP contribution in [0.25, 0.3) is 0 Å². The van der Waals surface area contributed by atoms with Crippen molar-refractivity contribution in [3.63, 3.8) is 0 Å². The molecule has 1 aliphatic carbocycles. The summed E-state index contributed by atoms with van der Waals surface area (Å²) in [6.45, 7) is 3.96. The molecule has 4 N–H and O–H groups in total. The van der Waals surface area contributed by atoms with Crippen molar-refractivity contribution in [1.82, 2.24) is 0 Å². The van der Waals surface area contributed by atoms with E-state index in [1.54, 1.807) is 0 Å². The highest BCUT2D eigenvalue weighted by Gasteiger charge is 2.25. The summed E-state index contributed by atoms with van der Waals surface area (Å²) in [4.78, 5) is 0. The van der Waals surface area contributed by atoms with Gasteiger partial charge in [-0.25, -0.2) is 0 Å². The van der Waals surface area contributed by atoms with Gasteiger partial charge in [0.2, 0.25) is 0 Å². The summed E-state index contributed by atoms with van der Waals surface area (Å²) < 4.78 is 5.30. The quantitative estimate of drug-likeness (QED) is 0.630. The van der Waals surface area contributed by atoms with E-state index in [1.807, 2.05) is 13.8 Å². The zero-order valence-electron chi connectivity index (χ0n) is 12.4. The SMILES string of the molecule is CC(C)OC[C@H](O)[C@H](O)[C@@H](N)CCC1CCCCC1. The molecular weight excluding hydrogens is 242 g/mol. The van der Waals surface area contributed by atoms with Crippen LogP contribution in [0.2, 0.25) is 0 Å². The van der Waals surface area contributed by atoms with Crippen LogP contribution in [0.3, 0.4) is 0 Å². The first-order chi connectivity index (χ1) is 9.00. The molecule has 114 valence electrons. The van der Waals surface area contributed by atoms with Gasteiger partial charge in [-0.2, -0.15) is 0 Å². The fourth-order valence-electron chi connectivity index (χ4n) is 2.75. The molecule has 0 aromatic heterocycles. The molecule has 1 fully saturated rings. The molecular formula is C15H31NO3. The van der Waals surface area contributed by atoms with Gasteiger partial charge in [0.1, 0.15) is 6.10 Å². The maximum absolute atomic E-state index is 9.97. The van der Waals surface area contributed by atoms with Gasteiger partial charge in [-0.3, -0.25) is 0 Å². The Balaban J connectivity index is 2.20. The van der Waals surface area contributed by atoms with Crippen molar-refractivity contribution in [2.24, 2.45) is 11.7 Å². The topological polar surface area (TPSA) is 75.7 Å². The van der Waals surface area contributed by atoms with Gasteiger partial charge in [0.25, 0.3) is 0 Å². The van der Waals surface area contributed by atoms with Gasteiger partial charge in [-0.05, 0) is 32.6 Å². The van der Waals surface area contributed by atoms with Gasteiger partial charge >= 0.3 is 0 Å². The Morgan fingerprint density at radius 3 is 2.37 bits per heavy atom. The van der Waals surface area contributed by atoms with Gasteiger partial charge in [0.05, 0.1) is 18.8 Å². The molecule has 4 nitrogen and oxygen atoms in total. The van der Waals surface area contributed by atoms with Crippen LogP contribution >= 0.6 is 0 Å². The van der Waals surface area contributed by atoms with Crippen molar-refractivity contribution in [3.8, 4) is 0 Å². The average molecular weight is 273 g/mol. The molecule has 0 radical (unpaired) electrons. The lowest BCUT2D eigenvalue weighted by molar-refractivity contribution is -0.0617. The van der Waals surface area contributed by atoms with Crippen molar-refractivity contribution in [1.29, 1.82) is 0 Å². The minimum Gasteiger partial charge on any atom is -0.389 e. The highest BCUT2D eigenvalue weighted by atomic mass is 16.5. The summed E-state index contributed by atoms with van der Waals surface area (Å²) >= 11 is 0. The molecule has 0 amide bonds. The minimum absolute atomic E-state index is 0.0558. The van der Waals surface area contributed by atoms with E-state index < -0.39 is 12.2 Å². The Kier molecular flexibility index (Phi) is 7.91. The Morgan fingerprint density at radius 1 is 1.16 bits per heavy atom. The lowest BCUT2D eigenvalue weighted by Crippen LogP contribution is -2.45. The van der Waals surface area contributed by atoms with Crippen molar-refractivity contribution in [2.45, 2.75) is 83.1 Å². The normalized spacial score (nSPS) is 22.4. The van der Waals surface area contributed by atoms with Crippen LogP contribution in [0.15, 0.2) is 0 Å². The molecule has 0 bridgehead atoms. The largest absolute Gasteiger partial charge is 0.389 e. The van der Waals surface area contributed by atoms with Crippen LogP contribution < -0.4 is 5.73 Å². The third kappa shape index (κ3) is 6.70. The number of nitrogens with two attached hydrogens (primary N) is 1. The molecule has 19 heavy (non-hydrogen) atoms. The molecule has 1 saturated carbocycles. The second-order valence-electron chi connectivity index (χ2n) is 6.19. The molecule has 1 rings (SSSR count). The standard InChI is InChI=1S/C15H31NO3/c1-11(2)19-10-14(17)15(18)13(16)9-8-12-6-4-3-5-7-12/h11-15,17-18H,3-10,16H2,1-2H3/t13-,14-,15+/m0/s1. The van der Waals surface area contributed by atoms with Crippen LogP contribution in [-0.4, -0.2) is 41.2 Å². The fraction of sp³-hybridized carbons (Fsp3) is 1.00. The number of rotatable bonds is 8. The second kappa shape index (κ2) is 8.90. The highest BCUT2D eigenvalue weighted by molar-refractivity contribution is 4.80. The molecule has 0 aromatic rings. The Hall–Kier alpha value is -0.160. The zero-order valence-corrected chi connectivity index (χ0v) is 12.4. The fourth-order valence-corrected chi connectivity index (χ4v) is 2.75. The number of aliphatic hydroxyl groups is 2. The van der Waals surface area contributed by atoms with Gasteiger partial charge < -0.3 is 20.7 Å². The van der Waals surface area contributed by atoms with E-state index >= 15 is 0 Å². The maximum Gasteiger partial charge on any atom is 0.105 e. The van der Waals surface area contributed by atoms with Crippen molar-refractivity contribution in [2.75, 3.05) is 6.61 Å². The number of hydrogen-bond acceptors (Lipinski definition) is 4. The first kappa shape index (κ1) is 16.9. The minimum atomic E-state index is -0.887. The Labute approximate surface area is 117 Å². The van der Waals surface area contributed by atoms with Crippen LogP contribution in [0, 0.1) is 5.92 Å². The monoisotopic (exact) mass is 273 g/mol. The number of ether oxygens (including phenoxy) is 1. The summed E-state index contributed by atoms with van der Waals surface area (Å²) in [5, 5.41) is 19.8. The molecule has 4 heteroatoms. The van der Waals surface area contributed by atoms with Crippen LogP contribution in [-0.2, 0) is 4.74 Å². The molecule has 0 saturated heterocycles. The molecule has 3 atom stereocenters. The first-order valence-corrected chi connectivity index (χ1v) is 7.74. The number of hydrogen-bond donors (Lipinski definition) is 3. The predicted molar refractivity (Wildman–Crippen MR) is 76.9 cm³/mol.